The molecule has 3 aliphatic rings. The van der Waals surface area contributed by atoms with E-state index in [1.54, 1.807) is 0 Å². The van der Waals surface area contributed by atoms with Crippen LogP contribution in [0.3, 0.4) is 0 Å². The number of imidazole rings is 2. The number of nitrogens with two attached hydrogens (primary N) is 2. The fraction of sp³-hybridized carbons (Fsp3) is 0.524. The molecule has 44 heavy (non-hydrogen) atoms. The first kappa shape index (κ1) is 29.5. The Morgan fingerprint density at radius 1 is 0.841 bits per heavy atom. The number of rotatable bonds is 2. The van der Waals surface area contributed by atoms with Crippen LogP contribution in [0, 0.1) is 5.92 Å². The lowest BCUT2D eigenvalue weighted by Crippen LogP contribution is -2.36. The summed E-state index contributed by atoms with van der Waals surface area (Å²) in [7, 11) is -9.97. The highest BCUT2D eigenvalue weighted by Crippen LogP contribution is 2.55. The van der Waals surface area contributed by atoms with Crippen molar-refractivity contribution in [3.8, 4) is 0 Å². The Kier molecular flexibility index (Phi) is 7.16. The third-order valence-corrected chi connectivity index (χ3v) is 9.75. The molecule has 2 aliphatic heterocycles. The van der Waals surface area contributed by atoms with Gasteiger partial charge in [-0.2, -0.15) is 0 Å². The smallest absolute Gasteiger partial charge is 0.388 e. The maximum absolute atomic E-state index is 15.9. The summed E-state index contributed by atoms with van der Waals surface area (Å²) >= 11 is 0. The normalized spacial score (nSPS) is 38.3. The van der Waals surface area contributed by atoms with E-state index in [1.807, 2.05) is 0 Å². The topological polar surface area (TPSA) is 280 Å². The van der Waals surface area contributed by atoms with Crippen LogP contribution in [0.2, 0.25) is 0 Å². The summed E-state index contributed by atoms with van der Waals surface area (Å²) in [5.74, 6) is -0.835. The molecule has 0 bridgehead atoms. The fourth-order valence-electron chi connectivity index (χ4n) is 5.74. The predicted molar refractivity (Wildman–Crippen MR) is 143 cm³/mol. The van der Waals surface area contributed by atoms with E-state index in [0.29, 0.717) is 0 Å². The van der Waals surface area contributed by atoms with Gasteiger partial charge in [-0.25, -0.2) is 43.4 Å². The molecule has 2 saturated heterocycles. The van der Waals surface area contributed by atoms with Gasteiger partial charge < -0.3 is 35.7 Å². The molecule has 3 fully saturated rings. The van der Waals surface area contributed by atoms with Crippen molar-refractivity contribution in [1.29, 1.82) is 0 Å². The van der Waals surface area contributed by atoms with Crippen molar-refractivity contribution in [2.24, 2.45) is 5.92 Å². The third kappa shape index (κ3) is 5.04. The van der Waals surface area contributed by atoms with E-state index >= 15 is 4.39 Å². The molecular formula is C21H25FN10O10P2. The molecule has 20 nitrogen and oxygen atoms in total. The molecule has 236 valence electrons. The first-order chi connectivity index (χ1) is 20.9. The van der Waals surface area contributed by atoms with Gasteiger partial charge in [-0.15, -0.1) is 0 Å². The number of nitrogen functional groups attached to an aromatic ring is 2. The van der Waals surface area contributed by atoms with Crippen molar-refractivity contribution in [2.75, 3.05) is 24.7 Å². The quantitative estimate of drug-likeness (QED) is 0.177. The third-order valence-electron chi connectivity index (χ3n) is 7.78. The number of halogens is 1. The SMILES string of the molecule is Nc1ncnc2c1ncn2C1CC2COP(=O)(O)OC3C(COP(=O)(O)OC2C1O)OC(n1cnc2c(N)ncnc21)C3F. The number of aliphatic hydroxyl groups excluding tert-OH is 1. The molecule has 0 aromatic carbocycles. The van der Waals surface area contributed by atoms with E-state index in [-0.39, 0.29) is 40.4 Å². The summed E-state index contributed by atoms with van der Waals surface area (Å²) in [6.07, 6.45) is -5.03. The van der Waals surface area contributed by atoms with Gasteiger partial charge in [0.15, 0.2) is 35.3 Å². The maximum atomic E-state index is 15.9. The van der Waals surface area contributed by atoms with Crippen molar-refractivity contribution in [2.45, 2.75) is 49.3 Å². The van der Waals surface area contributed by atoms with Crippen molar-refractivity contribution in [3.05, 3.63) is 25.3 Å². The Bertz CT molecular complexity index is 1700. The molecule has 0 amide bonds. The molecule has 0 spiro atoms. The number of fused-ring (bicyclic) bond motifs is 4. The van der Waals surface area contributed by atoms with E-state index in [4.69, 9.17) is 34.3 Å². The molecule has 4 aromatic heterocycles. The number of aliphatic hydroxyl groups is 1. The Hall–Kier alpha value is -3.23. The second kappa shape index (κ2) is 10.7. The van der Waals surface area contributed by atoms with Crippen molar-refractivity contribution >= 4 is 49.6 Å². The molecule has 7 rings (SSSR count). The summed E-state index contributed by atoms with van der Waals surface area (Å²) in [6, 6.07) is -0.849. The first-order valence-corrected chi connectivity index (χ1v) is 16.1. The zero-order chi connectivity index (χ0) is 31.0. The van der Waals surface area contributed by atoms with Gasteiger partial charge in [-0.05, 0) is 6.42 Å². The summed E-state index contributed by atoms with van der Waals surface area (Å²) in [5, 5.41) is 11.2. The Balaban J connectivity index is 1.17. The van der Waals surface area contributed by atoms with Crippen LogP contribution in [0.5, 0.6) is 0 Å². The fourth-order valence-corrected chi connectivity index (χ4v) is 7.75. The van der Waals surface area contributed by atoms with Gasteiger partial charge in [-0.3, -0.25) is 22.7 Å². The molecule has 23 heteroatoms. The van der Waals surface area contributed by atoms with E-state index in [9.17, 15) is 24.0 Å². The number of nitrogens with zero attached hydrogens (tertiary/aromatic N) is 8. The molecule has 1 aliphatic carbocycles. The Morgan fingerprint density at radius 3 is 2.07 bits per heavy atom. The summed E-state index contributed by atoms with van der Waals surface area (Å²) in [5.41, 5.74) is 12.4. The standard InChI is InChI=1S/C21H25FN10O10P2/c22-11-16-10(40-21(11)32-7-30-13-18(24)26-5-28-20(13)32)3-39-44(36,37)41-15-8(2-38-43(34,35)42-16)1-9(14(15)33)31-6-29-12-17(23)25-4-27-19(12)31/h4-11,14-16,21,33H,1-3H2,(H,34,35)(H,36,37)(H2,23,25,27)(H2,24,26,28). The summed E-state index contributed by atoms with van der Waals surface area (Å²) < 4.78 is 71.4. The number of phosphoric ester groups is 2. The van der Waals surface area contributed by atoms with E-state index in [1.165, 1.54) is 28.1 Å². The van der Waals surface area contributed by atoms with Crippen LogP contribution in [-0.4, -0.2) is 97.7 Å². The number of hydrogen-bond acceptors (Lipinski definition) is 16. The van der Waals surface area contributed by atoms with Gasteiger partial charge in [0.1, 0.15) is 48.1 Å². The lowest BCUT2D eigenvalue weighted by atomic mass is 10.1. The van der Waals surface area contributed by atoms with Gasteiger partial charge >= 0.3 is 15.6 Å². The Labute approximate surface area is 245 Å². The van der Waals surface area contributed by atoms with Crippen LogP contribution in [0.1, 0.15) is 18.7 Å². The highest BCUT2D eigenvalue weighted by molar-refractivity contribution is 7.47. The highest BCUT2D eigenvalue weighted by Gasteiger charge is 2.54. The maximum Gasteiger partial charge on any atom is 0.472 e. The molecule has 6 heterocycles. The first-order valence-electron chi connectivity index (χ1n) is 13.1. The zero-order valence-electron chi connectivity index (χ0n) is 22.3. The van der Waals surface area contributed by atoms with E-state index in [2.05, 4.69) is 29.9 Å². The number of ether oxygens (including phenoxy) is 1. The lowest BCUT2D eigenvalue weighted by molar-refractivity contribution is -0.0592. The van der Waals surface area contributed by atoms with Crippen molar-refractivity contribution in [1.82, 2.24) is 39.0 Å². The predicted octanol–water partition coefficient (Wildman–Crippen LogP) is 0.00600. The molecule has 1 saturated carbocycles. The Morgan fingerprint density at radius 2 is 1.41 bits per heavy atom. The second-order valence-electron chi connectivity index (χ2n) is 10.4. The minimum absolute atomic E-state index is 0.00284. The number of anilines is 2. The van der Waals surface area contributed by atoms with Crippen LogP contribution in [0.25, 0.3) is 22.3 Å². The van der Waals surface area contributed by atoms with Crippen molar-refractivity contribution in [3.63, 3.8) is 0 Å². The van der Waals surface area contributed by atoms with Crippen LogP contribution in [-0.2, 0) is 32.0 Å². The minimum atomic E-state index is -5.00. The van der Waals surface area contributed by atoms with Gasteiger partial charge in [0.25, 0.3) is 0 Å². The molecule has 7 N–H and O–H groups in total. The lowest BCUT2D eigenvalue weighted by Gasteiger charge is -2.28. The van der Waals surface area contributed by atoms with E-state index < -0.39 is 77.6 Å². The van der Waals surface area contributed by atoms with Gasteiger partial charge in [0, 0.05) is 5.92 Å². The van der Waals surface area contributed by atoms with Crippen LogP contribution in [0.15, 0.2) is 25.3 Å². The average molecular weight is 658 g/mol. The van der Waals surface area contributed by atoms with Crippen LogP contribution in [0.4, 0.5) is 16.0 Å². The highest BCUT2D eigenvalue weighted by atomic mass is 31.2. The zero-order valence-corrected chi connectivity index (χ0v) is 24.0. The van der Waals surface area contributed by atoms with Crippen LogP contribution < -0.4 is 11.5 Å². The summed E-state index contributed by atoms with van der Waals surface area (Å²) in [6.45, 7) is -1.42. The number of phosphoric acid groups is 2. The molecule has 4 aromatic rings. The van der Waals surface area contributed by atoms with Crippen LogP contribution >= 0.6 is 15.6 Å². The molecule has 0 radical (unpaired) electrons. The number of hydrogen-bond donors (Lipinski definition) is 5. The monoisotopic (exact) mass is 658 g/mol. The van der Waals surface area contributed by atoms with Crippen molar-refractivity contribution < 1.29 is 51.2 Å². The molecule has 10 atom stereocenters. The largest absolute Gasteiger partial charge is 0.472 e. The van der Waals surface area contributed by atoms with E-state index in [0.717, 1.165) is 6.33 Å². The molecular weight excluding hydrogens is 633 g/mol. The van der Waals surface area contributed by atoms with Gasteiger partial charge in [-0.1, -0.05) is 0 Å². The number of aromatic nitrogens is 8. The average Bonchev–Trinajstić information content (AvgIpc) is 3.73. The minimum Gasteiger partial charge on any atom is -0.388 e. The second-order valence-corrected chi connectivity index (χ2v) is 13.2. The summed E-state index contributed by atoms with van der Waals surface area (Å²) in [4.78, 5) is 45.3. The van der Waals surface area contributed by atoms with Gasteiger partial charge in [0.2, 0.25) is 0 Å². The van der Waals surface area contributed by atoms with Gasteiger partial charge in [0.05, 0.1) is 31.9 Å². The number of alkyl halides is 1. The molecule has 10 unspecified atom stereocenters.